The smallest absolute Gasteiger partial charge is 0.277 e. The summed E-state index contributed by atoms with van der Waals surface area (Å²) >= 11 is 0. The number of carbonyl (C=O) groups is 1. The molecule has 7 nitrogen and oxygen atoms in total. The third kappa shape index (κ3) is 4.08. The number of nitrogens with zero attached hydrogens (tertiary/aromatic N) is 2. The minimum absolute atomic E-state index is 0.179. The molecule has 0 unspecified atom stereocenters. The van der Waals surface area contributed by atoms with Crippen molar-refractivity contribution in [2.75, 3.05) is 18.4 Å². The second kappa shape index (κ2) is 7.37. The van der Waals surface area contributed by atoms with Gasteiger partial charge in [0.2, 0.25) is 10.0 Å². The summed E-state index contributed by atoms with van der Waals surface area (Å²) in [6, 6.07) is 7.73. The molecule has 0 saturated carbocycles. The van der Waals surface area contributed by atoms with Gasteiger partial charge in [0.1, 0.15) is 5.76 Å². The first-order chi connectivity index (χ1) is 12.0. The largest absolute Gasteiger partial charge is 0.361 e. The highest BCUT2D eigenvalue weighted by molar-refractivity contribution is 7.89. The average molecular weight is 363 g/mol. The van der Waals surface area contributed by atoms with Crippen molar-refractivity contribution in [3.8, 4) is 0 Å². The Labute approximate surface area is 147 Å². The summed E-state index contributed by atoms with van der Waals surface area (Å²) in [7, 11) is -3.49. The molecule has 1 aromatic heterocycles. The minimum Gasteiger partial charge on any atom is -0.361 e. The highest BCUT2D eigenvalue weighted by atomic mass is 32.2. The van der Waals surface area contributed by atoms with E-state index in [0.29, 0.717) is 24.5 Å². The van der Waals surface area contributed by atoms with E-state index in [1.807, 2.05) is 0 Å². The number of aryl methyl sites for hydroxylation is 1. The molecule has 1 aliphatic rings. The zero-order chi connectivity index (χ0) is 17.9. The van der Waals surface area contributed by atoms with E-state index < -0.39 is 15.9 Å². The molecule has 0 aliphatic carbocycles. The second-order valence-electron chi connectivity index (χ2n) is 6.12. The Hall–Kier alpha value is -2.19. The lowest BCUT2D eigenvalue weighted by atomic mass is 10.2. The molecule has 0 atom stereocenters. The predicted molar refractivity (Wildman–Crippen MR) is 92.9 cm³/mol. The molecule has 2 heterocycles. The van der Waals surface area contributed by atoms with Crippen LogP contribution in [0, 0.1) is 6.92 Å². The van der Waals surface area contributed by atoms with E-state index in [9.17, 15) is 13.2 Å². The molecular formula is C17H21N3O4S. The van der Waals surface area contributed by atoms with E-state index in [-0.39, 0.29) is 10.6 Å². The molecule has 134 valence electrons. The van der Waals surface area contributed by atoms with Crippen molar-refractivity contribution in [1.82, 2.24) is 9.46 Å². The summed E-state index contributed by atoms with van der Waals surface area (Å²) < 4.78 is 31.8. The van der Waals surface area contributed by atoms with Crippen LogP contribution >= 0.6 is 0 Å². The van der Waals surface area contributed by atoms with Gasteiger partial charge in [0.15, 0.2) is 5.69 Å². The van der Waals surface area contributed by atoms with Crippen LogP contribution in [0.15, 0.2) is 39.8 Å². The van der Waals surface area contributed by atoms with Gasteiger partial charge in [-0.1, -0.05) is 18.0 Å². The summed E-state index contributed by atoms with van der Waals surface area (Å²) in [5.74, 6) is 0.143. The number of benzene rings is 1. The standard InChI is InChI=1S/C17H21N3O4S/c1-13-12-16(19-24-13)17(21)18-14-6-8-15(9-7-14)25(22,23)20-10-4-2-3-5-11-20/h6-9,12H,2-5,10-11H2,1H3,(H,18,21). The number of nitrogens with one attached hydrogen (secondary N) is 1. The van der Waals surface area contributed by atoms with Gasteiger partial charge in [-0.3, -0.25) is 4.79 Å². The maximum absolute atomic E-state index is 12.7. The van der Waals surface area contributed by atoms with E-state index in [2.05, 4.69) is 10.5 Å². The summed E-state index contributed by atoms with van der Waals surface area (Å²) in [6.45, 7) is 2.82. The van der Waals surface area contributed by atoms with Crippen LogP contribution in [0.1, 0.15) is 41.9 Å². The number of amides is 1. The van der Waals surface area contributed by atoms with Crippen LogP contribution < -0.4 is 5.32 Å². The van der Waals surface area contributed by atoms with Gasteiger partial charge in [0, 0.05) is 24.8 Å². The van der Waals surface area contributed by atoms with Gasteiger partial charge in [0.05, 0.1) is 4.90 Å². The van der Waals surface area contributed by atoms with Crippen LogP contribution in [-0.4, -0.2) is 36.9 Å². The van der Waals surface area contributed by atoms with Gasteiger partial charge in [0.25, 0.3) is 5.91 Å². The Morgan fingerprint density at radius 2 is 1.76 bits per heavy atom. The molecule has 0 bridgehead atoms. The van der Waals surface area contributed by atoms with Crippen LogP contribution in [0.2, 0.25) is 0 Å². The molecule has 1 aromatic carbocycles. The fourth-order valence-electron chi connectivity index (χ4n) is 2.81. The lowest BCUT2D eigenvalue weighted by Crippen LogP contribution is -2.31. The fourth-order valence-corrected chi connectivity index (χ4v) is 4.33. The third-order valence-electron chi connectivity index (χ3n) is 4.18. The van der Waals surface area contributed by atoms with Gasteiger partial charge in [-0.2, -0.15) is 4.31 Å². The molecule has 1 amide bonds. The number of hydrogen-bond acceptors (Lipinski definition) is 5. The molecular weight excluding hydrogens is 342 g/mol. The monoisotopic (exact) mass is 363 g/mol. The number of hydrogen-bond donors (Lipinski definition) is 1. The highest BCUT2D eigenvalue weighted by Crippen LogP contribution is 2.22. The van der Waals surface area contributed by atoms with Crippen molar-refractivity contribution >= 4 is 21.6 Å². The Morgan fingerprint density at radius 1 is 1.12 bits per heavy atom. The predicted octanol–water partition coefficient (Wildman–Crippen LogP) is 2.80. The molecule has 0 radical (unpaired) electrons. The molecule has 3 rings (SSSR count). The van der Waals surface area contributed by atoms with E-state index >= 15 is 0 Å². The van der Waals surface area contributed by atoms with Gasteiger partial charge >= 0.3 is 0 Å². The Bertz CT molecular complexity index is 835. The van der Waals surface area contributed by atoms with Gasteiger partial charge in [-0.05, 0) is 44.0 Å². The number of aromatic nitrogens is 1. The minimum atomic E-state index is -3.49. The topological polar surface area (TPSA) is 92.5 Å². The molecule has 25 heavy (non-hydrogen) atoms. The fraction of sp³-hybridized carbons (Fsp3) is 0.412. The first-order valence-electron chi connectivity index (χ1n) is 8.32. The van der Waals surface area contributed by atoms with E-state index in [0.717, 1.165) is 25.7 Å². The number of rotatable bonds is 4. The quantitative estimate of drug-likeness (QED) is 0.902. The molecule has 2 aromatic rings. The lowest BCUT2D eigenvalue weighted by molar-refractivity contribution is 0.101. The maximum atomic E-state index is 12.7. The Balaban J connectivity index is 1.72. The van der Waals surface area contributed by atoms with E-state index in [1.54, 1.807) is 23.4 Å². The van der Waals surface area contributed by atoms with E-state index in [1.165, 1.54) is 18.2 Å². The third-order valence-corrected chi connectivity index (χ3v) is 6.09. The average Bonchev–Trinajstić information content (AvgIpc) is 2.85. The van der Waals surface area contributed by atoms with Crippen LogP contribution in [0.5, 0.6) is 0 Å². The van der Waals surface area contributed by atoms with Crippen LogP contribution in [0.25, 0.3) is 0 Å². The summed E-state index contributed by atoms with van der Waals surface area (Å²) in [5, 5.41) is 6.32. The van der Waals surface area contributed by atoms with Crippen LogP contribution in [0.3, 0.4) is 0 Å². The van der Waals surface area contributed by atoms with Crippen molar-refractivity contribution in [3.05, 3.63) is 41.8 Å². The number of sulfonamides is 1. The van der Waals surface area contributed by atoms with Crippen molar-refractivity contribution in [1.29, 1.82) is 0 Å². The zero-order valence-corrected chi connectivity index (χ0v) is 14.9. The van der Waals surface area contributed by atoms with Gasteiger partial charge in [-0.25, -0.2) is 8.42 Å². The normalized spacial score (nSPS) is 16.4. The molecule has 1 fully saturated rings. The number of carbonyl (C=O) groups excluding carboxylic acids is 1. The van der Waals surface area contributed by atoms with Crippen molar-refractivity contribution < 1.29 is 17.7 Å². The Kier molecular flexibility index (Phi) is 5.19. The first kappa shape index (κ1) is 17.6. The summed E-state index contributed by atoms with van der Waals surface area (Å²) in [6.07, 6.45) is 3.92. The van der Waals surface area contributed by atoms with Gasteiger partial charge < -0.3 is 9.84 Å². The van der Waals surface area contributed by atoms with Gasteiger partial charge in [-0.15, -0.1) is 0 Å². The van der Waals surface area contributed by atoms with Crippen LogP contribution in [0.4, 0.5) is 5.69 Å². The molecule has 1 saturated heterocycles. The lowest BCUT2D eigenvalue weighted by Gasteiger charge is -2.20. The van der Waals surface area contributed by atoms with E-state index in [4.69, 9.17) is 4.52 Å². The molecule has 1 N–H and O–H groups in total. The first-order valence-corrected chi connectivity index (χ1v) is 9.76. The zero-order valence-electron chi connectivity index (χ0n) is 14.1. The molecule has 0 spiro atoms. The van der Waals surface area contributed by atoms with Crippen molar-refractivity contribution in [2.24, 2.45) is 0 Å². The SMILES string of the molecule is Cc1cc(C(=O)Nc2ccc(S(=O)(=O)N3CCCCCC3)cc2)no1. The highest BCUT2D eigenvalue weighted by Gasteiger charge is 2.25. The van der Waals surface area contributed by atoms with Crippen molar-refractivity contribution in [2.45, 2.75) is 37.5 Å². The maximum Gasteiger partial charge on any atom is 0.277 e. The van der Waals surface area contributed by atoms with Crippen molar-refractivity contribution in [3.63, 3.8) is 0 Å². The Morgan fingerprint density at radius 3 is 2.32 bits per heavy atom. The van der Waals surface area contributed by atoms with Crippen LogP contribution in [-0.2, 0) is 10.0 Å². The molecule has 8 heteroatoms. The second-order valence-corrected chi connectivity index (χ2v) is 8.06. The summed E-state index contributed by atoms with van der Waals surface area (Å²) in [5.41, 5.74) is 0.680. The number of anilines is 1. The summed E-state index contributed by atoms with van der Waals surface area (Å²) in [4.78, 5) is 12.3. The molecule has 1 aliphatic heterocycles.